The van der Waals surface area contributed by atoms with Crippen molar-refractivity contribution in [2.45, 2.75) is 82.7 Å². The zero-order valence-electron chi connectivity index (χ0n) is 18.1. The predicted molar refractivity (Wildman–Crippen MR) is 119 cm³/mol. The lowest BCUT2D eigenvalue weighted by atomic mass is 9.74. The van der Waals surface area contributed by atoms with Crippen LogP contribution in [0.1, 0.15) is 76.3 Å². The third kappa shape index (κ3) is 3.26. The molecule has 2 saturated carbocycles. The van der Waals surface area contributed by atoms with Gasteiger partial charge in [-0.3, -0.25) is 4.79 Å². The van der Waals surface area contributed by atoms with Crippen molar-refractivity contribution < 1.29 is 4.79 Å². The number of carbonyl (C=O) groups excluding carboxylic acids is 1. The van der Waals surface area contributed by atoms with Crippen molar-refractivity contribution in [3.63, 3.8) is 0 Å². The molecule has 1 aromatic carbocycles. The molecular formula is C26H36N2O. The summed E-state index contributed by atoms with van der Waals surface area (Å²) in [6, 6.07) is 9.77. The van der Waals surface area contributed by atoms with Gasteiger partial charge in [-0.25, -0.2) is 0 Å². The molecule has 0 aromatic heterocycles. The quantitative estimate of drug-likeness (QED) is 0.772. The van der Waals surface area contributed by atoms with Gasteiger partial charge in [-0.2, -0.15) is 0 Å². The van der Waals surface area contributed by atoms with Gasteiger partial charge < -0.3 is 10.2 Å². The highest BCUT2D eigenvalue weighted by molar-refractivity contribution is 6.21. The number of allylic oxidation sites excluding steroid dienone is 1. The Morgan fingerprint density at radius 2 is 1.90 bits per heavy atom. The van der Waals surface area contributed by atoms with Crippen LogP contribution in [0.15, 0.2) is 30.3 Å². The van der Waals surface area contributed by atoms with E-state index in [1.54, 1.807) is 0 Å². The minimum absolute atomic E-state index is 0.0608. The van der Waals surface area contributed by atoms with E-state index in [9.17, 15) is 4.79 Å². The van der Waals surface area contributed by atoms with E-state index in [2.05, 4.69) is 54.4 Å². The monoisotopic (exact) mass is 392 g/mol. The first-order valence-electron chi connectivity index (χ1n) is 12.0. The first kappa shape index (κ1) is 19.4. The molecule has 1 heterocycles. The molecule has 0 radical (unpaired) electrons. The highest BCUT2D eigenvalue weighted by atomic mass is 16.1. The number of rotatable bonds is 5. The van der Waals surface area contributed by atoms with E-state index in [1.165, 1.54) is 49.9 Å². The molecule has 3 atom stereocenters. The Kier molecular flexibility index (Phi) is 5.06. The third-order valence-electron chi connectivity index (χ3n) is 8.60. The maximum atomic E-state index is 13.1. The van der Waals surface area contributed by atoms with Gasteiger partial charge in [0.25, 0.3) is 5.91 Å². The zero-order chi connectivity index (χ0) is 20.0. The van der Waals surface area contributed by atoms with Crippen molar-refractivity contribution in [2.24, 2.45) is 11.8 Å². The highest BCUT2D eigenvalue weighted by Gasteiger charge is 2.47. The topological polar surface area (TPSA) is 32.3 Å². The maximum Gasteiger partial charge on any atom is 0.251 e. The second-order valence-electron chi connectivity index (χ2n) is 10.0. The van der Waals surface area contributed by atoms with Gasteiger partial charge in [0.05, 0.1) is 0 Å². The van der Waals surface area contributed by atoms with Crippen LogP contribution < -0.4 is 5.32 Å². The number of carbonyl (C=O) groups is 1. The minimum atomic E-state index is 0.0608. The van der Waals surface area contributed by atoms with Crippen molar-refractivity contribution in [3.8, 4) is 0 Å². The second-order valence-corrected chi connectivity index (χ2v) is 10.0. The molecule has 1 aromatic rings. The Morgan fingerprint density at radius 3 is 2.55 bits per heavy atom. The summed E-state index contributed by atoms with van der Waals surface area (Å²) in [5, 5.41) is 3.28. The molecular weight excluding hydrogens is 356 g/mol. The van der Waals surface area contributed by atoms with Crippen LogP contribution in [0.3, 0.4) is 0 Å². The molecule has 1 N–H and O–H groups in total. The molecule has 1 amide bonds. The fourth-order valence-electron chi connectivity index (χ4n) is 6.85. The number of hydrogen-bond acceptors (Lipinski definition) is 2. The van der Waals surface area contributed by atoms with Gasteiger partial charge in [-0.1, -0.05) is 50.6 Å². The average Bonchev–Trinajstić information content (AvgIpc) is 3.47. The van der Waals surface area contributed by atoms with E-state index >= 15 is 0 Å². The van der Waals surface area contributed by atoms with Crippen LogP contribution in [0.2, 0.25) is 0 Å². The number of amides is 1. The van der Waals surface area contributed by atoms with Crippen molar-refractivity contribution in [1.82, 2.24) is 10.2 Å². The number of nitrogens with zero attached hydrogens (tertiary/aromatic N) is 1. The van der Waals surface area contributed by atoms with E-state index in [0.29, 0.717) is 0 Å². The molecule has 3 fully saturated rings. The summed E-state index contributed by atoms with van der Waals surface area (Å²) >= 11 is 0. The lowest BCUT2D eigenvalue weighted by molar-refractivity contribution is -0.116. The standard InChI is InChI=1S/C26H36N2O/c1-3-20(4-2)27-25(29)22-17-26(23-8-6-5-7-21(22)23)11-13-28(14-12-26)24-16-18-9-10-19(24)15-18/h5-8,17-20,24H,3-4,9-16H2,1-2H3,(H,27,29)/t18-,19-,24?/m1/s1. The van der Waals surface area contributed by atoms with Crippen LogP contribution in [0.4, 0.5) is 0 Å². The van der Waals surface area contributed by atoms with E-state index in [0.717, 1.165) is 49.1 Å². The smallest absolute Gasteiger partial charge is 0.251 e. The van der Waals surface area contributed by atoms with Gasteiger partial charge in [0.1, 0.15) is 0 Å². The van der Waals surface area contributed by atoms with Gasteiger partial charge >= 0.3 is 0 Å². The molecule has 5 rings (SSSR count). The highest BCUT2D eigenvalue weighted by Crippen LogP contribution is 2.51. The number of nitrogens with one attached hydrogen (secondary N) is 1. The molecule has 1 unspecified atom stereocenters. The Balaban J connectivity index is 1.36. The van der Waals surface area contributed by atoms with Gasteiger partial charge in [0.15, 0.2) is 0 Å². The van der Waals surface area contributed by atoms with Gasteiger partial charge in [-0.05, 0) is 81.0 Å². The van der Waals surface area contributed by atoms with Crippen LogP contribution in [-0.2, 0) is 10.2 Å². The molecule has 1 saturated heterocycles. The predicted octanol–water partition coefficient (Wildman–Crippen LogP) is 4.91. The molecule has 1 spiro atoms. The second kappa shape index (κ2) is 7.58. The minimum Gasteiger partial charge on any atom is -0.349 e. The number of hydrogen-bond donors (Lipinski definition) is 1. The molecule has 4 aliphatic rings. The number of benzene rings is 1. The first-order valence-corrected chi connectivity index (χ1v) is 12.0. The number of piperidine rings is 1. The fraction of sp³-hybridized carbons (Fsp3) is 0.654. The summed E-state index contributed by atoms with van der Waals surface area (Å²) < 4.78 is 0. The maximum absolute atomic E-state index is 13.1. The molecule has 3 heteroatoms. The Labute approximate surface area is 175 Å². The van der Waals surface area contributed by atoms with E-state index in [-0.39, 0.29) is 17.4 Å². The Bertz CT molecular complexity index is 801. The van der Waals surface area contributed by atoms with Crippen molar-refractivity contribution in [2.75, 3.05) is 13.1 Å². The molecule has 3 nitrogen and oxygen atoms in total. The van der Waals surface area contributed by atoms with E-state index in [1.807, 2.05) is 0 Å². The number of fused-ring (bicyclic) bond motifs is 4. The summed E-state index contributed by atoms with van der Waals surface area (Å²) in [6.45, 7) is 6.66. The first-order chi connectivity index (χ1) is 14.1. The van der Waals surface area contributed by atoms with Crippen molar-refractivity contribution in [1.29, 1.82) is 0 Å². The summed E-state index contributed by atoms with van der Waals surface area (Å²) in [4.78, 5) is 15.9. The largest absolute Gasteiger partial charge is 0.349 e. The van der Waals surface area contributed by atoms with Crippen LogP contribution in [-0.4, -0.2) is 36.0 Å². The van der Waals surface area contributed by atoms with E-state index in [4.69, 9.17) is 0 Å². The lowest BCUT2D eigenvalue weighted by Gasteiger charge is -2.44. The number of likely N-dealkylation sites (tertiary alicyclic amines) is 1. The summed E-state index contributed by atoms with van der Waals surface area (Å²) in [5.74, 6) is 2.09. The normalized spacial score (nSPS) is 30.0. The van der Waals surface area contributed by atoms with Gasteiger partial charge in [-0.15, -0.1) is 0 Å². The van der Waals surface area contributed by atoms with Gasteiger partial charge in [0.2, 0.25) is 0 Å². The molecule has 3 aliphatic carbocycles. The third-order valence-corrected chi connectivity index (χ3v) is 8.60. The molecule has 29 heavy (non-hydrogen) atoms. The van der Waals surface area contributed by atoms with Crippen LogP contribution in [0, 0.1) is 11.8 Å². The van der Waals surface area contributed by atoms with Crippen molar-refractivity contribution >= 4 is 11.5 Å². The average molecular weight is 393 g/mol. The SMILES string of the molecule is CCC(CC)NC(=O)C1=CC2(CCN(C3C[C@@H]4CC[C@@H]3C4)CC2)c2ccccc21. The molecule has 2 bridgehead atoms. The van der Waals surface area contributed by atoms with Crippen LogP contribution in [0.25, 0.3) is 5.57 Å². The van der Waals surface area contributed by atoms with Crippen LogP contribution in [0.5, 0.6) is 0 Å². The zero-order valence-corrected chi connectivity index (χ0v) is 18.1. The van der Waals surface area contributed by atoms with E-state index < -0.39 is 0 Å². The van der Waals surface area contributed by atoms with Gasteiger partial charge in [0, 0.05) is 23.1 Å². The van der Waals surface area contributed by atoms with Crippen LogP contribution >= 0.6 is 0 Å². The summed E-state index contributed by atoms with van der Waals surface area (Å²) in [5.41, 5.74) is 3.54. The Morgan fingerprint density at radius 1 is 1.14 bits per heavy atom. The fourth-order valence-corrected chi connectivity index (χ4v) is 6.85. The molecule has 1 aliphatic heterocycles. The molecule has 156 valence electrons. The van der Waals surface area contributed by atoms with Crippen molar-refractivity contribution in [3.05, 3.63) is 41.5 Å². The Hall–Kier alpha value is -1.61. The lowest BCUT2D eigenvalue weighted by Crippen LogP contribution is -2.47. The summed E-state index contributed by atoms with van der Waals surface area (Å²) in [6.07, 6.45) is 12.5. The summed E-state index contributed by atoms with van der Waals surface area (Å²) in [7, 11) is 0.